The number of carbonyl (C=O) groups is 1. The number of aliphatic hydroxyl groups excluding tert-OH is 1. The van der Waals surface area contributed by atoms with Gasteiger partial charge in [-0.2, -0.15) is 0 Å². The lowest BCUT2D eigenvalue weighted by Crippen LogP contribution is -2.20. The molecule has 3 nitrogen and oxygen atoms in total. The molecular weight excluding hydrogens is 240 g/mol. The first-order valence-electron chi connectivity index (χ1n) is 7.10. The van der Waals surface area contributed by atoms with Gasteiger partial charge in [-0.1, -0.05) is 36.8 Å². The first-order valence-corrected chi connectivity index (χ1v) is 7.10. The molecule has 1 aliphatic rings. The Kier molecular flexibility index (Phi) is 5.40. The lowest BCUT2D eigenvalue weighted by Gasteiger charge is -2.17. The van der Waals surface area contributed by atoms with Gasteiger partial charge in [0.05, 0.1) is 6.61 Å². The molecule has 3 heteroatoms. The van der Waals surface area contributed by atoms with Crippen LogP contribution in [0, 0.1) is 11.8 Å². The molecule has 0 radical (unpaired) electrons. The molecule has 1 N–H and O–H groups in total. The minimum absolute atomic E-state index is 0.132. The largest absolute Gasteiger partial charge is 0.465 e. The van der Waals surface area contributed by atoms with Crippen LogP contribution in [-0.2, 0) is 16.0 Å². The molecule has 19 heavy (non-hydrogen) atoms. The van der Waals surface area contributed by atoms with Crippen LogP contribution in [-0.4, -0.2) is 24.3 Å². The number of hydrogen-bond acceptors (Lipinski definition) is 3. The minimum Gasteiger partial charge on any atom is -0.465 e. The second kappa shape index (κ2) is 7.29. The van der Waals surface area contributed by atoms with E-state index in [1.807, 2.05) is 30.3 Å². The van der Waals surface area contributed by atoms with Gasteiger partial charge >= 0.3 is 5.97 Å². The molecule has 0 heterocycles. The molecule has 2 rings (SSSR count). The highest BCUT2D eigenvalue weighted by Gasteiger charge is 2.27. The van der Waals surface area contributed by atoms with Gasteiger partial charge in [0.2, 0.25) is 0 Å². The molecule has 0 spiro atoms. The fourth-order valence-electron chi connectivity index (χ4n) is 2.74. The van der Waals surface area contributed by atoms with Crippen molar-refractivity contribution >= 4 is 5.97 Å². The summed E-state index contributed by atoms with van der Waals surface area (Å²) in [6.07, 6.45) is 4.42. The highest BCUT2D eigenvalue weighted by Crippen LogP contribution is 2.31. The van der Waals surface area contributed by atoms with Gasteiger partial charge in [-0.25, -0.2) is 0 Å². The average molecular weight is 262 g/mol. The van der Waals surface area contributed by atoms with Crippen molar-refractivity contribution in [3.8, 4) is 0 Å². The zero-order valence-electron chi connectivity index (χ0n) is 11.3. The van der Waals surface area contributed by atoms with E-state index in [9.17, 15) is 9.90 Å². The zero-order valence-corrected chi connectivity index (χ0v) is 11.3. The Morgan fingerprint density at radius 3 is 2.68 bits per heavy atom. The predicted molar refractivity (Wildman–Crippen MR) is 73.6 cm³/mol. The van der Waals surface area contributed by atoms with Gasteiger partial charge in [-0.15, -0.1) is 0 Å². The first kappa shape index (κ1) is 14.1. The minimum atomic E-state index is -0.132. The van der Waals surface area contributed by atoms with Gasteiger partial charge in [0, 0.05) is 13.0 Å². The highest BCUT2D eigenvalue weighted by atomic mass is 16.5. The van der Waals surface area contributed by atoms with Crippen molar-refractivity contribution in [2.24, 2.45) is 11.8 Å². The van der Waals surface area contributed by atoms with E-state index in [-0.39, 0.29) is 12.6 Å². The standard InChI is InChI=1S/C16H22O3/c17-11-14-7-4-8-15(14)12-19-16(18)10-9-13-5-2-1-3-6-13/h1-3,5-6,14-15,17H,4,7-12H2. The lowest BCUT2D eigenvalue weighted by molar-refractivity contribution is -0.145. The van der Waals surface area contributed by atoms with Crippen LogP contribution in [0.5, 0.6) is 0 Å². The molecule has 2 unspecified atom stereocenters. The third kappa shape index (κ3) is 4.35. The maximum Gasteiger partial charge on any atom is 0.306 e. The van der Waals surface area contributed by atoms with Crippen LogP contribution in [0.15, 0.2) is 30.3 Å². The second-order valence-electron chi connectivity index (χ2n) is 5.30. The summed E-state index contributed by atoms with van der Waals surface area (Å²) >= 11 is 0. The summed E-state index contributed by atoms with van der Waals surface area (Å²) in [5.41, 5.74) is 1.16. The van der Waals surface area contributed by atoms with E-state index in [4.69, 9.17) is 4.74 Å². The molecule has 1 saturated carbocycles. The van der Waals surface area contributed by atoms with E-state index in [1.54, 1.807) is 0 Å². The number of benzene rings is 1. The van der Waals surface area contributed by atoms with E-state index in [0.717, 1.165) is 31.2 Å². The molecule has 1 aromatic rings. The van der Waals surface area contributed by atoms with Crippen LogP contribution in [0.25, 0.3) is 0 Å². The third-order valence-electron chi connectivity index (χ3n) is 3.97. The van der Waals surface area contributed by atoms with Crippen molar-refractivity contribution in [3.63, 3.8) is 0 Å². The van der Waals surface area contributed by atoms with Crippen molar-refractivity contribution < 1.29 is 14.6 Å². The van der Waals surface area contributed by atoms with Crippen molar-refractivity contribution in [2.75, 3.05) is 13.2 Å². The monoisotopic (exact) mass is 262 g/mol. The Morgan fingerprint density at radius 1 is 1.21 bits per heavy atom. The number of ether oxygens (including phenoxy) is 1. The number of esters is 1. The van der Waals surface area contributed by atoms with Crippen LogP contribution < -0.4 is 0 Å². The fourth-order valence-corrected chi connectivity index (χ4v) is 2.74. The Labute approximate surface area is 114 Å². The number of rotatable bonds is 6. The smallest absolute Gasteiger partial charge is 0.306 e. The summed E-state index contributed by atoms with van der Waals surface area (Å²) in [4.78, 5) is 11.7. The topological polar surface area (TPSA) is 46.5 Å². The Morgan fingerprint density at radius 2 is 1.95 bits per heavy atom. The summed E-state index contributed by atoms with van der Waals surface area (Å²) in [5, 5.41) is 9.21. The molecule has 2 atom stereocenters. The van der Waals surface area contributed by atoms with Gasteiger partial charge in [0.15, 0.2) is 0 Å². The Bertz CT molecular complexity index is 388. The van der Waals surface area contributed by atoms with Crippen molar-refractivity contribution in [3.05, 3.63) is 35.9 Å². The summed E-state index contributed by atoms with van der Waals surface area (Å²) in [6.45, 7) is 0.686. The van der Waals surface area contributed by atoms with Gasteiger partial charge in [0.1, 0.15) is 0 Å². The van der Waals surface area contributed by atoms with Gasteiger partial charge in [-0.3, -0.25) is 4.79 Å². The zero-order chi connectivity index (χ0) is 13.5. The molecule has 104 valence electrons. The number of aryl methyl sites for hydroxylation is 1. The molecule has 0 amide bonds. The first-order chi connectivity index (χ1) is 9.29. The summed E-state index contributed by atoms with van der Waals surface area (Å²) < 4.78 is 5.33. The van der Waals surface area contributed by atoms with E-state index in [0.29, 0.717) is 24.9 Å². The average Bonchev–Trinajstić information content (AvgIpc) is 2.91. The van der Waals surface area contributed by atoms with Crippen LogP contribution >= 0.6 is 0 Å². The molecule has 1 fully saturated rings. The Hall–Kier alpha value is -1.35. The van der Waals surface area contributed by atoms with Gasteiger partial charge in [-0.05, 0) is 36.7 Å². The fraction of sp³-hybridized carbons (Fsp3) is 0.562. The molecule has 0 bridgehead atoms. The van der Waals surface area contributed by atoms with Crippen LogP contribution in [0.4, 0.5) is 0 Å². The maximum absolute atomic E-state index is 11.7. The van der Waals surface area contributed by atoms with Crippen molar-refractivity contribution in [1.29, 1.82) is 0 Å². The van der Waals surface area contributed by atoms with Crippen molar-refractivity contribution in [1.82, 2.24) is 0 Å². The number of aliphatic hydroxyl groups is 1. The number of hydrogen-bond donors (Lipinski definition) is 1. The lowest BCUT2D eigenvalue weighted by atomic mass is 9.98. The molecule has 0 aliphatic heterocycles. The third-order valence-corrected chi connectivity index (χ3v) is 3.97. The van der Waals surface area contributed by atoms with Crippen molar-refractivity contribution in [2.45, 2.75) is 32.1 Å². The molecule has 0 aromatic heterocycles. The highest BCUT2D eigenvalue weighted by molar-refractivity contribution is 5.69. The van der Waals surface area contributed by atoms with E-state index in [1.165, 1.54) is 0 Å². The number of carbonyl (C=O) groups excluding carboxylic acids is 1. The van der Waals surface area contributed by atoms with E-state index >= 15 is 0 Å². The Balaban J connectivity index is 1.67. The molecule has 1 aromatic carbocycles. The van der Waals surface area contributed by atoms with Crippen LogP contribution in [0.3, 0.4) is 0 Å². The molecule has 0 saturated heterocycles. The summed E-state index contributed by atoms with van der Waals surface area (Å²) in [5.74, 6) is 0.542. The predicted octanol–water partition coefficient (Wildman–Crippen LogP) is 2.57. The van der Waals surface area contributed by atoms with Gasteiger partial charge in [0.25, 0.3) is 0 Å². The van der Waals surface area contributed by atoms with E-state index < -0.39 is 0 Å². The maximum atomic E-state index is 11.7. The van der Waals surface area contributed by atoms with Crippen LogP contribution in [0.1, 0.15) is 31.2 Å². The van der Waals surface area contributed by atoms with Crippen LogP contribution in [0.2, 0.25) is 0 Å². The second-order valence-corrected chi connectivity index (χ2v) is 5.30. The van der Waals surface area contributed by atoms with Gasteiger partial charge < -0.3 is 9.84 Å². The normalized spacial score (nSPS) is 22.4. The molecule has 1 aliphatic carbocycles. The summed E-state index contributed by atoms with van der Waals surface area (Å²) in [7, 11) is 0. The molecular formula is C16H22O3. The van der Waals surface area contributed by atoms with E-state index in [2.05, 4.69) is 0 Å². The quantitative estimate of drug-likeness (QED) is 0.801. The summed E-state index contributed by atoms with van der Waals surface area (Å²) in [6, 6.07) is 9.96. The SMILES string of the molecule is O=C(CCc1ccccc1)OCC1CCCC1CO.